The van der Waals surface area contributed by atoms with E-state index in [0.29, 0.717) is 18.0 Å². The van der Waals surface area contributed by atoms with Gasteiger partial charge in [-0.1, -0.05) is 17.3 Å². The van der Waals surface area contributed by atoms with Crippen molar-refractivity contribution in [1.29, 1.82) is 0 Å². The number of hydrogen-bond donors (Lipinski definition) is 1. The van der Waals surface area contributed by atoms with Crippen LogP contribution in [0.2, 0.25) is 0 Å². The molecular weight excluding hydrogens is 248 g/mol. The molecule has 0 saturated carbocycles. The van der Waals surface area contributed by atoms with Crippen LogP contribution < -0.4 is 5.32 Å². The molecule has 1 atom stereocenters. The number of hydrogen-bond acceptors (Lipinski definition) is 5. The molecule has 0 saturated heterocycles. The Morgan fingerprint density at radius 2 is 2.37 bits per heavy atom. The molecule has 0 radical (unpaired) electrons. The van der Waals surface area contributed by atoms with E-state index in [0.717, 1.165) is 12.8 Å². The predicted octanol–water partition coefficient (Wildman–Crippen LogP) is 1.82. The number of rotatable bonds is 4. The minimum Gasteiger partial charge on any atom is -0.455 e. The van der Waals surface area contributed by atoms with E-state index in [1.165, 1.54) is 0 Å². The molecule has 1 aromatic rings. The molecule has 102 valence electrons. The molecule has 0 bridgehead atoms. The highest BCUT2D eigenvalue weighted by molar-refractivity contribution is 5.92. The highest BCUT2D eigenvalue weighted by Crippen LogP contribution is 2.19. The number of anilines is 1. The number of nitrogens with zero attached hydrogens (tertiary/aromatic N) is 1. The molecule has 6 nitrogen and oxygen atoms in total. The molecule has 1 aliphatic rings. The van der Waals surface area contributed by atoms with Crippen molar-refractivity contribution in [3.63, 3.8) is 0 Å². The molecule has 0 fully saturated rings. The lowest BCUT2D eigenvalue weighted by Gasteiger charge is -2.15. The van der Waals surface area contributed by atoms with Gasteiger partial charge < -0.3 is 14.6 Å². The maximum atomic E-state index is 11.7. The highest BCUT2D eigenvalue weighted by atomic mass is 16.5. The standard InChI is InChI=1S/C13H16N2O4/c1-9-7-11(15-19-9)14-12(16)8-18-13(17)10-5-3-2-4-6-10/h2-3,7,10H,4-6,8H2,1H3,(H,14,15,16)/t10-/m0/s1. The van der Waals surface area contributed by atoms with Crippen LogP contribution in [0, 0.1) is 12.8 Å². The van der Waals surface area contributed by atoms with Crippen LogP contribution in [0.15, 0.2) is 22.7 Å². The molecule has 1 amide bonds. The van der Waals surface area contributed by atoms with Gasteiger partial charge in [0, 0.05) is 6.07 Å². The number of carbonyl (C=O) groups is 2. The van der Waals surface area contributed by atoms with E-state index in [1.807, 2.05) is 12.2 Å². The summed E-state index contributed by atoms with van der Waals surface area (Å²) in [5, 5.41) is 6.10. The number of ether oxygens (including phenoxy) is 1. The lowest BCUT2D eigenvalue weighted by Crippen LogP contribution is -2.25. The molecule has 0 unspecified atom stereocenters. The van der Waals surface area contributed by atoms with Crippen molar-refractivity contribution in [3.05, 3.63) is 24.0 Å². The second-order valence-corrected chi connectivity index (χ2v) is 4.46. The van der Waals surface area contributed by atoms with Gasteiger partial charge >= 0.3 is 5.97 Å². The largest absolute Gasteiger partial charge is 0.455 e. The zero-order valence-electron chi connectivity index (χ0n) is 10.7. The van der Waals surface area contributed by atoms with E-state index in [2.05, 4.69) is 10.5 Å². The van der Waals surface area contributed by atoms with Crippen molar-refractivity contribution >= 4 is 17.7 Å². The first kappa shape index (κ1) is 13.3. The van der Waals surface area contributed by atoms with Crippen molar-refractivity contribution in [3.8, 4) is 0 Å². The van der Waals surface area contributed by atoms with E-state index >= 15 is 0 Å². The van der Waals surface area contributed by atoms with E-state index in [9.17, 15) is 9.59 Å². The van der Waals surface area contributed by atoms with Gasteiger partial charge in [0.25, 0.3) is 5.91 Å². The zero-order chi connectivity index (χ0) is 13.7. The van der Waals surface area contributed by atoms with Crippen LogP contribution >= 0.6 is 0 Å². The molecule has 0 aliphatic heterocycles. The van der Waals surface area contributed by atoms with Crippen molar-refractivity contribution < 1.29 is 18.8 Å². The number of esters is 1. The summed E-state index contributed by atoms with van der Waals surface area (Å²) in [5.41, 5.74) is 0. The number of allylic oxidation sites excluding steroid dienone is 2. The smallest absolute Gasteiger partial charge is 0.309 e. The Morgan fingerprint density at radius 1 is 1.53 bits per heavy atom. The lowest BCUT2D eigenvalue weighted by atomic mass is 9.95. The number of nitrogens with one attached hydrogen (secondary N) is 1. The van der Waals surface area contributed by atoms with Crippen LogP contribution in [0.3, 0.4) is 0 Å². The third-order valence-electron chi connectivity index (χ3n) is 2.84. The molecule has 2 rings (SSSR count). The summed E-state index contributed by atoms with van der Waals surface area (Å²) in [7, 11) is 0. The first-order chi connectivity index (χ1) is 9.15. The van der Waals surface area contributed by atoms with E-state index in [1.54, 1.807) is 13.0 Å². The molecule has 0 spiro atoms. The predicted molar refractivity (Wildman–Crippen MR) is 67.3 cm³/mol. The number of amides is 1. The van der Waals surface area contributed by atoms with E-state index in [4.69, 9.17) is 9.26 Å². The summed E-state index contributed by atoms with van der Waals surface area (Å²) < 4.78 is 9.79. The summed E-state index contributed by atoms with van der Waals surface area (Å²) in [6.07, 6.45) is 6.35. The SMILES string of the molecule is Cc1cc(NC(=O)COC(=O)[C@H]2CC=CCC2)no1. The number of carbonyl (C=O) groups excluding carboxylic acids is 2. The third kappa shape index (κ3) is 3.94. The maximum Gasteiger partial charge on any atom is 0.309 e. The Bertz CT molecular complexity index is 493. The molecule has 1 heterocycles. The lowest BCUT2D eigenvalue weighted by molar-refractivity contribution is -0.151. The molecule has 6 heteroatoms. The Labute approximate surface area is 110 Å². The zero-order valence-corrected chi connectivity index (χ0v) is 10.7. The molecule has 1 N–H and O–H groups in total. The van der Waals surface area contributed by atoms with Crippen molar-refractivity contribution in [2.75, 3.05) is 11.9 Å². The van der Waals surface area contributed by atoms with Gasteiger partial charge in [0.1, 0.15) is 5.76 Å². The van der Waals surface area contributed by atoms with Crippen molar-refractivity contribution in [2.45, 2.75) is 26.2 Å². The molecular formula is C13H16N2O4. The topological polar surface area (TPSA) is 81.4 Å². The summed E-state index contributed by atoms with van der Waals surface area (Å²) in [5.74, 6) is 0.0383. The van der Waals surface area contributed by atoms with Crippen LogP contribution in [-0.4, -0.2) is 23.6 Å². The Balaban J connectivity index is 1.74. The summed E-state index contributed by atoms with van der Waals surface area (Å²) in [4.78, 5) is 23.2. The fourth-order valence-electron chi connectivity index (χ4n) is 1.87. The van der Waals surface area contributed by atoms with Crippen LogP contribution in [0.1, 0.15) is 25.0 Å². The number of aryl methyl sites for hydroxylation is 1. The van der Waals surface area contributed by atoms with E-state index in [-0.39, 0.29) is 18.5 Å². The molecule has 1 aliphatic carbocycles. The minimum absolute atomic E-state index is 0.132. The van der Waals surface area contributed by atoms with Gasteiger partial charge in [-0.3, -0.25) is 9.59 Å². The fraction of sp³-hybridized carbons (Fsp3) is 0.462. The normalized spacial score (nSPS) is 18.1. The first-order valence-electron chi connectivity index (χ1n) is 6.20. The van der Waals surface area contributed by atoms with Gasteiger partial charge in [-0.25, -0.2) is 0 Å². The minimum atomic E-state index is -0.423. The first-order valence-corrected chi connectivity index (χ1v) is 6.20. The average Bonchev–Trinajstić information content (AvgIpc) is 2.82. The van der Waals surface area contributed by atoms with Crippen molar-refractivity contribution in [1.82, 2.24) is 5.16 Å². The second kappa shape index (κ2) is 6.17. The van der Waals surface area contributed by atoms with Gasteiger partial charge in [0.15, 0.2) is 12.4 Å². The number of aromatic nitrogens is 1. The Kier molecular flexibility index (Phi) is 4.33. The summed E-state index contributed by atoms with van der Waals surface area (Å²) in [6, 6.07) is 1.59. The van der Waals surface area contributed by atoms with Gasteiger partial charge in [0.05, 0.1) is 5.92 Å². The van der Waals surface area contributed by atoms with Crippen molar-refractivity contribution in [2.24, 2.45) is 5.92 Å². The quantitative estimate of drug-likeness (QED) is 0.662. The van der Waals surface area contributed by atoms with Crippen LogP contribution in [0.5, 0.6) is 0 Å². The summed E-state index contributed by atoms with van der Waals surface area (Å²) >= 11 is 0. The van der Waals surface area contributed by atoms with Gasteiger partial charge in [0.2, 0.25) is 0 Å². The molecule has 0 aromatic carbocycles. The highest BCUT2D eigenvalue weighted by Gasteiger charge is 2.21. The van der Waals surface area contributed by atoms with Gasteiger partial charge in [-0.15, -0.1) is 0 Å². The third-order valence-corrected chi connectivity index (χ3v) is 2.84. The second-order valence-electron chi connectivity index (χ2n) is 4.46. The van der Waals surface area contributed by atoms with Gasteiger partial charge in [-0.2, -0.15) is 0 Å². The monoisotopic (exact) mass is 264 g/mol. The Morgan fingerprint density at radius 3 is 3.00 bits per heavy atom. The summed E-state index contributed by atoms with van der Waals surface area (Å²) in [6.45, 7) is 1.42. The van der Waals surface area contributed by atoms with Crippen LogP contribution in [0.25, 0.3) is 0 Å². The van der Waals surface area contributed by atoms with Crippen LogP contribution in [0.4, 0.5) is 5.82 Å². The van der Waals surface area contributed by atoms with Gasteiger partial charge in [-0.05, 0) is 26.2 Å². The Hall–Kier alpha value is -2.11. The van der Waals surface area contributed by atoms with E-state index < -0.39 is 5.91 Å². The maximum absolute atomic E-state index is 11.7. The molecule has 19 heavy (non-hydrogen) atoms. The average molecular weight is 264 g/mol. The fourth-order valence-corrected chi connectivity index (χ4v) is 1.87. The van der Waals surface area contributed by atoms with Crippen LogP contribution in [-0.2, 0) is 14.3 Å². The molecule has 1 aromatic heterocycles.